The van der Waals surface area contributed by atoms with E-state index in [2.05, 4.69) is 53.2 Å². The van der Waals surface area contributed by atoms with Crippen molar-refractivity contribution >= 4 is 8.98 Å². The topological polar surface area (TPSA) is 40.0 Å². The molecule has 2 aliphatic rings. The Morgan fingerprint density at radius 1 is 0.917 bits per heavy atom. The first-order valence-corrected chi connectivity index (χ1v) is 10.1. The molecule has 2 aliphatic heterocycles. The van der Waals surface area contributed by atoms with Gasteiger partial charge in [-0.05, 0) is 52.4 Å². The fourth-order valence-electron chi connectivity index (χ4n) is 4.25. The second-order valence-corrected chi connectivity index (χ2v) is 8.11. The Labute approximate surface area is 151 Å². The summed E-state index contributed by atoms with van der Waals surface area (Å²) in [5, 5.41) is 0. The van der Waals surface area contributed by atoms with Gasteiger partial charge in [0, 0.05) is 0 Å². The van der Waals surface area contributed by atoms with Crippen LogP contribution in [0.15, 0.2) is 4.74 Å². The third-order valence-electron chi connectivity index (χ3n) is 6.62. The average Bonchev–Trinajstić information content (AvgIpc) is 2.60. The molecule has 0 N–H and O–H groups in total. The van der Waals surface area contributed by atoms with Gasteiger partial charge in [0.05, 0.1) is 24.4 Å². The number of hydrogen-bond acceptors (Lipinski definition) is 4. The normalized spacial score (nSPS) is 50.9. The molecule has 2 fully saturated rings. The third kappa shape index (κ3) is 3.87. The standard InChI is InChI=1S/C19H36NO3P/c1-8-15-11(4)12(5)17(20-24)19(22-15)23-18-13(6)10(3)14(7)21-16(18)9-2/h10-19,24H,8-9H2,1-7H3/t10-,11-,12?,13?,14-,15?,16?,17-,18-,19-/m0/s1. The van der Waals surface area contributed by atoms with Crippen molar-refractivity contribution in [1.29, 1.82) is 1.28 Å². The molecule has 5 heteroatoms. The molecule has 0 radical (unpaired) electrons. The molecule has 0 aromatic carbocycles. The van der Waals surface area contributed by atoms with Gasteiger partial charge in [-0.3, -0.25) is 4.74 Å². The minimum Gasteiger partial charge on any atom is -0.372 e. The van der Waals surface area contributed by atoms with Crippen LogP contribution in [0.25, 0.3) is 0 Å². The van der Waals surface area contributed by atoms with Crippen LogP contribution >= 0.6 is 8.98 Å². The first kappa shape index (κ1) is 18.8. The van der Waals surface area contributed by atoms with Crippen LogP contribution in [-0.2, 0) is 14.2 Å². The first-order valence-electron chi connectivity index (χ1n) is 10.1. The van der Waals surface area contributed by atoms with Crippen molar-refractivity contribution in [1.82, 2.24) is 0 Å². The fourth-order valence-corrected chi connectivity index (χ4v) is 4.57. The van der Waals surface area contributed by atoms with Gasteiger partial charge in [0.2, 0.25) is 0 Å². The largest absolute Gasteiger partial charge is 0.372 e. The molecule has 2 heterocycles. The first-order chi connectivity index (χ1) is 11.8. The molecule has 10 atom stereocenters. The monoisotopic (exact) mass is 360 g/mol. The van der Waals surface area contributed by atoms with E-state index < -0.39 is 0 Å². The maximum atomic E-state index is 7.54. The lowest BCUT2D eigenvalue weighted by Crippen LogP contribution is -2.55. The maximum Gasteiger partial charge on any atom is 0.181 e. The Morgan fingerprint density at radius 3 is 2.17 bits per heavy atom. The van der Waals surface area contributed by atoms with Crippen molar-refractivity contribution in [2.45, 2.75) is 98.1 Å². The third-order valence-corrected chi connectivity index (χ3v) is 6.88. The predicted molar refractivity (Wildman–Crippen MR) is 99.6 cm³/mol. The van der Waals surface area contributed by atoms with Crippen LogP contribution in [-0.4, -0.2) is 38.0 Å². The molecule has 4 unspecified atom stereocenters. The van der Waals surface area contributed by atoms with E-state index in [4.69, 9.17) is 15.5 Å². The summed E-state index contributed by atoms with van der Waals surface area (Å²) in [6, 6.07) is -0.0867. The van der Waals surface area contributed by atoms with Crippen molar-refractivity contribution in [3.63, 3.8) is 0 Å². The molecule has 0 amide bonds. The van der Waals surface area contributed by atoms with Gasteiger partial charge in [0.25, 0.3) is 0 Å². The summed E-state index contributed by atoms with van der Waals surface area (Å²) in [6.07, 6.45) is 2.07. The predicted octanol–water partition coefficient (Wildman–Crippen LogP) is 4.94. The molecule has 2 saturated heterocycles. The van der Waals surface area contributed by atoms with E-state index in [1.165, 1.54) is 0 Å². The highest BCUT2D eigenvalue weighted by atomic mass is 31.0. The van der Waals surface area contributed by atoms with E-state index in [0.717, 1.165) is 12.8 Å². The number of rotatable bonds is 5. The van der Waals surface area contributed by atoms with Crippen molar-refractivity contribution in [3.8, 4) is 0 Å². The highest BCUT2D eigenvalue weighted by molar-refractivity contribution is 7.04. The molecule has 0 saturated carbocycles. The molecule has 0 bridgehead atoms. The second-order valence-electron chi connectivity index (χ2n) is 7.88. The number of nitrogens with zero attached hydrogens (tertiary/aromatic N) is 1. The van der Waals surface area contributed by atoms with Crippen LogP contribution in [0.1, 0.15) is 61.3 Å². The van der Waals surface area contributed by atoms with Crippen molar-refractivity contribution < 1.29 is 14.2 Å². The summed E-state index contributed by atoms with van der Waals surface area (Å²) in [5.41, 5.74) is 0. The summed E-state index contributed by atoms with van der Waals surface area (Å²) in [7, 11) is 0.299. The fraction of sp³-hybridized carbons (Fsp3) is 1.00. The second kappa shape index (κ2) is 8.58. The lowest BCUT2D eigenvalue weighted by molar-refractivity contribution is -0.287. The zero-order chi connectivity index (χ0) is 18.7. The van der Waals surface area contributed by atoms with Gasteiger partial charge in [-0.25, -0.2) is 0 Å². The molecule has 0 aromatic heterocycles. The van der Waals surface area contributed by atoms with E-state index in [0.29, 0.717) is 32.6 Å². The Balaban J connectivity index is 2.21. The summed E-state index contributed by atoms with van der Waals surface area (Å²) < 4.78 is 31.1. The molecule has 24 heavy (non-hydrogen) atoms. The summed E-state index contributed by atoms with van der Waals surface area (Å²) in [5.74, 6) is 1.61. The van der Waals surface area contributed by atoms with Crippen molar-refractivity contribution in [2.24, 2.45) is 28.4 Å². The Hall–Kier alpha value is -0.0200. The average molecular weight is 360 g/mol. The summed E-state index contributed by atoms with van der Waals surface area (Å²) in [6.45, 7) is 15.4. The van der Waals surface area contributed by atoms with Gasteiger partial charge in [-0.1, -0.05) is 41.5 Å². The SMILES string of the molecule is [4H]/P=N\[C@H]1C(C)[C@H](C)C(CC)O[C@H]1O[C@@H]1C(CC)O[C@@H](C)[C@@H](C)C1C. The minimum absolute atomic E-state index is 0.0133. The van der Waals surface area contributed by atoms with Crippen molar-refractivity contribution in [3.05, 3.63) is 0 Å². The zero-order valence-corrected chi connectivity index (χ0v) is 17.2. The smallest absolute Gasteiger partial charge is 0.181 e. The highest BCUT2D eigenvalue weighted by Gasteiger charge is 2.46. The highest BCUT2D eigenvalue weighted by Crippen LogP contribution is 2.39. The van der Waals surface area contributed by atoms with Gasteiger partial charge >= 0.3 is 0 Å². The Morgan fingerprint density at radius 2 is 1.58 bits per heavy atom. The molecule has 0 spiro atoms. The van der Waals surface area contributed by atoms with E-state index in [9.17, 15) is 0 Å². The Bertz CT molecular complexity index is 450. The molecular weight excluding hydrogens is 321 g/mol. The van der Waals surface area contributed by atoms with Gasteiger partial charge in [-0.2, -0.15) is 0 Å². The van der Waals surface area contributed by atoms with E-state index in [-0.39, 0.29) is 36.7 Å². The van der Waals surface area contributed by atoms with Crippen LogP contribution in [0.4, 0.5) is 0 Å². The van der Waals surface area contributed by atoms with Gasteiger partial charge in [-0.15, -0.1) is 0 Å². The molecule has 0 aliphatic carbocycles. The van der Waals surface area contributed by atoms with Crippen molar-refractivity contribution in [2.75, 3.05) is 0 Å². The summed E-state index contributed by atoms with van der Waals surface area (Å²) >= 11 is 0. The maximum absolute atomic E-state index is 7.54. The van der Waals surface area contributed by atoms with Crippen LogP contribution in [0.3, 0.4) is 0 Å². The van der Waals surface area contributed by atoms with E-state index >= 15 is 0 Å². The number of hydrogen-bond donors (Lipinski definition) is 0. The van der Waals surface area contributed by atoms with Crippen LogP contribution in [0, 0.1) is 23.7 Å². The summed E-state index contributed by atoms with van der Waals surface area (Å²) in [4.78, 5) is 0. The molecule has 0 aromatic rings. The van der Waals surface area contributed by atoms with Crippen LogP contribution in [0.5, 0.6) is 0 Å². The van der Waals surface area contributed by atoms with E-state index in [1.807, 2.05) is 0 Å². The lowest BCUT2D eigenvalue weighted by atomic mass is 9.80. The van der Waals surface area contributed by atoms with Crippen LogP contribution in [0.2, 0.25) is 0 Å². The molecule has 140 valence electrons. The lowest BCUT2D eigenvalue weighted by Gasteiger charge is -2.48. The molecular formula is C19H36NO3P. The Kier molecular flexibility index (Phi) is 6.70. The molecule has 4 nitrogen and oxygen atoms in total. The van der Waals surface area contributed by atoms with Gasteiger partial charge < -0.3 is 14.2 Å². The quantitative estimate of drug-likeness (QED) is 0.652. The van der Waals surface area contributed by atoms with Gasteiger partial charge in [0.1, 0.15) is 7.32 Å². The number of ether oxygens (including phenoxy) is 3. The van der Waals surface area contributed by atoms with Crippen LogP contribution < -0.4 is 0 Å². The zero-order valence-electron chi connectivity index (χ0n) is 17.3. The minimum atomic E-state index is -0.375. The van der Waals surface area contributed by atoms with Gasteiger partial charge in [0.15, 0.2) is 6.29 Å². The molecule has 2 rings (SSSR count). The van der Waals surface area contributed by atoms with E-state index in [1.54, 1.807) is 0 Å².